The lowest BCUT2D eigenvalue weighted by Crippen LogP contribution is -2.51. The molecule has 0 saturated carbocycles. The fourth-order valence-electron chi connectivity index (χ4n) is 3.59. The van der Waals surface area contributed by atoms with E-state index in [4.69, 9.17) is 9.47 Å². The summed E-state index contributed by atoms with van der Waals surface area (Å²) in [5.41, 5.74) is 2.23. The quantitative estimate of drug-likeness (QED) is 0.302. The van der Waals surface area contributed by atoms with Crippen LogP contribution in [0.4, 0.5) is 5.69 Å². The summed E-state index contributed by atoms with van der Waals surface area (Å²) in [6, 6.07) is 12.5. The van der Waals surface area contributed by atoms with Crippen LogP contribution in [0.2, 0.25) is 0 Å². The Kier molecular flexibility index (Phi) is 10.7. The van der Waals surface area contributed by atoms with E-state index < -0.39 is 0 Å². The molecule has 3 rings (SSSR count). The second-order valence-electron chi connectivity index (χ2n) is 7.38. The lowest BCUT2D eigenvalue weighted by Gasteiger charge is -2.36. The molecule has 0 bridgehead atoms. The van der Waals surface area contributed by atoms with Crippen molar-refractivity contribution in [2.24, 2.45) is 4.99 Å². The minimum atomic E-state index is 0. The second-order valence-corrected chi connectivity index (χ2v) is 7.38. The van der Waals surface area contributed by atoms with Gasteiger partial charge >= 0.3 is 0 Å². The van der Waals surface area contributed by atoms with Gasteiger partial charge in [0.05, 0.1) is 19.4 Å². The van der Waals surface area contributed by atoms with Crippen molar-refractivity contribution in [3.05, 3.63) is 48.2 Å². The van der Waals surface area contributed by atoms with E-state index in [9.17, 15) is 0 Å². The van der Waals surface area contributed by atoms with Gasteiger partial charge in [0.25, 0.3) is 0 Å². The van der Waals surface area contributed by atoms with Crippen molar-refractivity contribution in [1.82, 2.24) is 15.6 Å². The topological polar surface area (TPSA) is 71.0 Å². The van der Waals surface area contributed by atoms with Gasteiger partial charge in [0, 0.05) is 45.0 Å². The molecule has 2 aromatic rings. The van der Waals surface area contributed by atoms with Crippen LogP contribution in [0.3, 0.4) is 0 Å². The molecule has 1 saturated heterocycles. The number of anilines is 1. The minimum absolute atomic E-state index is 0. The number of methoxy groups -OCH3 is 1. The first kappa shape index (κ1) is 25.0. The number of benzene rings is 1. The molecule has 31 heavy (non-hydrogen) atoms. The Labute approximate surface area is 202 Å². The SMILES string of the molecule is CCCOc1ccc(CNC(=NC)NC2CCCN(c3ccccc3OC)C2)cn1.I. The zero-order valence-electron chi connectivity index (χ0n) is 18.6. The number of para-hydroxylation sites is 2. The van der Waals surface area contributed by atoms with E-state index >= 15 is 0 Å². The highest BCUT2D eigenvalue weighted by Gasteiger charge is 2.22. The van der Waals surface area contributed by atoms with Gasteiger partial charge in [-0.1, -0.05) is 25.1 Å². The van der Waals surface area contributed by atoms with Crippen LogP contribution in [0.1, 0.15) is 31.7 Å². The summed E-state index contributed by atoms with van der Waals surface area (Å²) in [6.07, 6.45) is 5.05. The molecular formula is C23H34IN5O2. The molecule has 2 heterocycles. The van der Waals surface area contributed by atoms with Crippen LogP contribution in [0.25, 0.3) is 0 Å². The van der Waals surface area contributed by atoms with Gasteiger partial charge in [-0.25, -0.2) is 4.98 Å². The van der Waals surface area contributed by atoms with E-state index in [0.29, 0.717) is 25.1 Å². The minimum Gasteiger partial charge on any atom is -0.495 e. The summed E-state index contributed by atoms with van der Waals surface area (Å²) in [5.74, 6) is 2.38. The number of aromatic nitrogens is 1. The van der Waals surface area contributed by atoms with Crippen molar-refractivity contribution < 1.29 is 9.47 Å². The van der Waals surface area contributed by atoms with Gasteiger partial charge in [0.2, 0.25) is 5.88 Å². The van der Waals surface area contributed by atoms with Crippen LogP contribution in [-0.4, -0.2) is 50.8 Å². The lowest BCUT2D eigenvalue weighted by molar-refractivity contribution is 0.305. The summed E-state index contributed by atoms with van der Waals surface area (Å²) < 4.78 is 11.1. The number of guanidine groups is 1. The number of pyridine rings is 1. The zero-order valence-corrected chi connectivity index (χ0v) is 21.0. The molecule has 1 aromatic carbocycles. The number of nitrogens with one attached hydrogen (secondary N) is 2. The number of rotatable bonds is 8. The van der Waals surface area contributed by atoms with Crippen LogP contribution in [0.15, 0.2) is 47.6 Å². The van der Waals surface area contributed by atoms with Gasteiger partial charge in [-0.05, 0) is 37.0 Å². The highest BCUT2D eigenvalue weighted by molar-refractivity contribution is 14.0. The molecule has 1 aliphatic rings. The smallest absolute Gasteiger partial charge is 0.213 e. The Morgan fingerprint density at radius 2 is 2.10 bits per heavy atom. The average Bonchev–Trinajstić information content (AvgIpc) is 2.81. The molecule has 0 radical (unpaired) electrons. The third-order valence-electron chi connectivity index (χ3n) is 5.12. The highest BCUT2D eigenvalue weighted by atomic mass is 127. The Bertz CT molecular complexity index is 816. The van der Waals surface area contributed by atoms with E-state index in [-0.39, 0.29) is 24.0 Å². The van der Waals surface area contributed by atoms with Crippen LogP contribution < -0.4 is 25.0 Å². The largest absolute Gasteiger partial charge is 0.495 e. The maximum absolute atomic E-state index is 5.54. The number of piperidine rings is 1. The standard InChI is InChI=1S/C23H33N5O2.HI/c1-4-14-30-22-12-11-18(15-25-22)16-26-23(24-2)27-19-8-7-13-28(17-19)20-9-5-6-10-21(20)29-3;/h5-6,9-12,15,19H,4,7-8,13-14,16-17H2,1-3H3,(H2,24,26,27);1H. The molecule has 1 atom stereocenters. The molecule has 0 amide bonds. The molecule has 0 aliphatic carbocycles. The number of ether oxygens (including phenoxy) is 2. The predicted octanol–water partition coefficient (Wildman–Crippen LogP) is 3.83. The molecule has 0 spiro atoms. The van der Waals surface area contributed by atoms with Crippen molar-refractivity contribution in [2.45, 2.75) is 38.8 Å². The van der Waals surface area contributed by atoms with Crippen LogP contribution >= 0.6 is 24.0 Å². The maximum atomic E-state index is 5.54. The van der Waals surface area contributed by atoms with Gasteiger partial charge in [-0.15, -0.1) is 24.0 Å². The van der Waals surface area contributed by atoms with E-state index in [1.807, 2.05) is 30.5 Å². The van der Waals surface area contributed by atoms with Gasteiger partial charge in [0.15, 0.2) is 5.96 Å². The molecule has 1 aliphatic heterocycles. The van der Waals surface area contributed by atoms with Gasteiger partial charge in [0.1, 0.15) is 5.75 Å². The zero-order chi connectivity index (χ0) is 21.2. The third kappa shape index (κ3) is 7.45. The molecule has 7 nitrogen and oxygen atoms in total. The number of hydrogen-bond acceptors (Lipinski definition) is 5. The normalized spacial score (nSPS) is 16.3. The van der Waals surface area contributed by atoms with E-state index in [0.717, 1.165) is 55.3 Å². The van der Waals surface area contributed by atoms with Crippen molar-refractivity contribution in [2.75, 3.05) is 38.8 Å². The van der Waals surface area contributed by atoms with E-state index in [1.165, 1.54) is 0 Å². The fraction of sp³-hybridized carbons (Fsp3) is 0.478. The van der Waals surface area contributed by atoms with Gasteiger partial charge < -0.3 is 25.0 Å². The average molecular weight is 539 g/mol. The van der Waals surface area contributed by atoms with Crippen molar-refractivity contribution in [3.8, 4) is 11.6 Å². The maximum Gasteiger partial charge on any atom is 0.213 e. The Balaban J connectivity index is 0.00000341. The Morgan fingerprint density at radius 3 is 2.81 bits per heavy atom. The summed E-state index contributed by atoms with van der Waals surface area (Å²) in [7, 11) is 3.53. The number of nitrogens with zero attached hydrogens (tertiary/aromatic N) is 3. The molecule has 8 heteroatoms. The first-order valence-electron chi connectivity index (χ1n) is 10.7. The van der Waals surface area contributed by atoms with Gasteiger partial charge in [-0.3, -0.25) is 4.99 Å². The highest BCUT2D eigenvalue weighted by Crippen LogP contribution is 2.29. The summed E-state index contributed by atoms with van der Waals surface area (Å²) >= 11 is 0. The van der Waals surface area contributed by atoms with Crippen LogP contribution in [0.5, 0.6) is 11.6 Å². The second kappa shape index (κ2) is 13.2. The molecule has 1 aromatic heterocycles. The van der Waals surface area contributed by atoms with E-state index in [2.05, 4.69) is 44.6 Å². The fourth-order valence-corrected chi connectivity index (χ4v) is 3.59. The van der Waals surface area contributed by atoms with Crippen LogP contribution in [0, 0.1) is 0 Å². The van der Waals surface area contributed by atoms with Crippen molar-refractivity contribution in [3.63, 3.8) is 0 Å². The Hall–Kier alpha value is -2.23. The summed E-state index contributed by atoms with van der Waals surface area (Å²) in [6.45, 7) is 5.37. The first-order chi connectivity index (χ1) is 14.7. The van der Waals surface area contributed by atoms with Crippen molar-refractivity contribution in [1.29, 1.82) is 0 Å². The summed E-state index contributed by atoms with van der Waals surface area (Å²) in [4.78, 5) is 11.1. The number of hydrogen-bond donors (Lipinski definition) is 2. The first-order valence-corrected chi connectivity index (χ1v) is 10.7. The number of aliphatic imine (C=N–C) groups is 1. The Morgan fingerprint density at radius 1 is 1.26 bits per heavy atom. The monoisotopic (exact) mass is 539 g/mol. The van der Waals surface area contributed by atoms with Crippen LogP contribution in [-0.2, 0) is 6.54 Å². The third-order valence-corrected chi connectivity index (χ3v) is 5.12. The molecule has 1 fully saturated rings. The number of halogens is 1. The molecule has 170 valence electrons. The lowest BCUT2D eigenvalue weighted by atomic mass is 10.0. The molecule has 2 N–H and O–H groups in total. The molecular weight excluding hydrogens is 505 g/mol. The molecule has 1 unspecified atom stereocenters. The van der Waals surface area contributed by atoms with E-state index in [1.54, 1.807) is 14.2 Å². The summed E-state index contributed by atoms with van der Waals surface area (Å²) in [5, 5.41) is 6.95. The predicted molar refractivity (Wildman–Crippen MR) is 137 cm³/mol. The van der Waals surface area contributed by atoms with Crippen molar-refractivity contribution >= 4 is 35.6 Å². The van der Waals surface area contributed by atoms with Gasteiger partial charge in [-0.2, -0.15) is 0 Å².